The SMILES string of the molecule is CC(=O)Oc1ccccc1C(=O)N(CC(=O)O)c1ccc(O)cc1. The highest BCUT2D eigenvalue weighted by molar-refractivity contribution is 6.10. The van der Waals surface area contributed by atoms with E-state index in [4.69, 9.17) is 9.84 Å². The first kappa shape index (κ1) is 17.0. The Hall–Kier alpha value is -3.35. The summed E-state index contributed by atoms with van der Waals surface area (Å²) in [6.07, 6.45) is 0. The summed E-state index contributed by atoms with van der Waals surface area (Å²) in [7, 11) is 0. The number of carboxylic acids is 1. The van der Waals surface area contributed by atoms with E-state index in [9.17, 15) is 19.5 Å². The molecule has 2 aromatic rings. The number of aliphatic carboxylic acids is 1. The molecule has 7 heteroatoms. The van der Waals surface area contributed by atoms with Gasteiger partial charge in [0, 0.05) is 12.6 Å². The Bertz CT molecular complexity index is 769. The number of hydrogen-bond donors (Lipinski definition) is 2. The minimum atomic E-state index is -1.21. The van der Waals surface area contributed by atoms with Crippen LogP contribution in [0, 0.1) is 0 Å². The van der Waals surface area contributed by atoms with Crippen LogP contribution in [0.25, 0.3) is 0 Å². The Labute approximate surface area is 137 Å². The molecule has 0 saturated carbocycles. The third-order valence-corrected chi connectivity index (χ3v) is 3.07. The van der Waals surface area contributed by atoms with Crippen LogP contribution < -0.4 is 9.64 Å². The van der Waals surface area contributed by atoms with E-state index in [0.717, 1.165) is 4.90 Å². The molecule has 2 rings (SSSR count). The number of carbonyl (C=O) groups is 3. The van der Waals surface area contributed by atoms with Gasteiger partial charge in [0.05, 0.1) is 5.56 Å². The molecule has 0 aliphatic carbocycles. The van der Waals surface area contributed by atoms with Gasteiger partial charge in [-0.25, -0.2) is 0 Å². The van der Waals surface area contributed by atoms with Crippen LogP contribution in [0.5, 0.6) is 11.5 Å². The summed E-state index contributed by atoms with van der Waals surface area (Å²) in [6, 6.07) is 11.6. The average Bonchev–Trinajstić information content (AvgIpc) is 2.53. The van der Waals surface area contributed by atoms with Gasteiger partial charge < -0.3 is 14.9 Å². The summed E-state index contributed by atoms with van der Waals surface area (Å²) in [4.78, 5) is 36.1. The molecule has 0 atom stereocenters. The second-order valence-electron chi connectivity index (χ2n) is 4.89. The number of carboxylic acid groups (broad SMARTS) is 1. The van der Waals surface area contributed by atoms with E-state index >= 15 is 0 Å². The van der Waals surface area contributed by atoms with E-state index < -0.39 is 24.4 Å². The number of phenols is 1. The van der Waals surface area contributed by atoms with Crippen molar-refractivity contribution in [3.05, 3.63) is 54.1 Å². The highest BCUT2D eigenvalue weighted by Gasteiger charge is 2.23. The molecule has 0 saturated heterocycles. The fourth-order valence-electron chi connectivity index (χ4n) is 2.08. The number of hydrogen-bond acceptors (Lipinski definition) is 5. The zero-order valence-electron chi connectivity index (χ0n) is 12.8. The standard InChI is InChI=1S/C17H15NO6/c1-11(19)24-15-5-3-2-4-14(15)17(23)18(10-16(21)22)12-6-8-13(20)9-7-12/h2-9,20H,10H2,1H3,(H,21,22). The molecule has 124 valence electrons. The first-order chi connectivity index (χ1) is 11.4. The largest absolute Gasteiger partial charge is 0.508 e. The predicted molar refractivity (Wildman–Crippen MR) is 85.2 cm³/mol. The lowest BCUT2D eigenvalue weighted by molar-refractivity contribution is -0.135. The van der Waals surface area contributed by atoms with E-state index in [1.807, 2.05) is 0 Å². The fraction of sp³-hybridized carbons (Fsp3) is 0.118. The zero-order valence-corrected chi connectivity index (χ0v) is 12.8. The van der Waals surface area contributed by atoms with Gasteiger partial charge in [-0.1, -0.05) is 12.1 Å². The normalized spacial score (nSPS) is 10.0. The van der Waals surface area contributed by atoms with Crippen LogP contribution in [0.2, 0.25) is 0 Å². The maximum Gasteiger partial charge on any atom is 0.323 e. The van der Waals surface area contributed by atoms with Crippen molar-refractivity contribution < 1.29 is 29.3 Å². The number of phenolic OH excluding ortho intramolecular Hbond substituents is 1. The van der Waals surface area contributed by atoms with Gasteiger partial charge in [0.25, 0.3) is 5.91 Å². The third-order valence-electron chi connectivity index (χ3n) is 3.07. The van der Waals surface area contributed by atoms with Crippen molar-refractivity contribution in [1.29, 1.82) is 0 Å². The smallest absolute Gasteiger partial charge is 0.323 e. The number of ether oxygens (including phenoxy) is 1. The highest BCUT2D eigenvalue weighted by Crippen LogP contribution is 2.25. The van der Waals surface area contributed by atoms with Crippen LogP contribution >= 0.6 is 0 Å². The number of rotatable bonds is 5. The average molecular weight is 329 g/mol. The fourth-order valence-corrected chi connectivity index (χ4v) is 2.08. The van der Waals surface area contributed by atoms with Crippen LogP contribution in [-0.2, 0) is 9.59 Å². The second kappa shape index (κ2) is 7.28. The van der Waals surface area contributed by atoms with Gasteiger partial charge >= 0.3 is 11.9 Å². The number of amides is 1. The van der Waals surface area contributed by atoms with E-state index in [1.54, 1.807) is 12.1 Å². The molecule has 1 amide bonds. The Morgan fingerprint density at radius 2 is 1.67 bits per heavy atom. The first-order valence-electron chi connectivity index (χ1n) is 6.98. The van der Waals surface area contributed by atoms with E-state index in [2.05, 4.69) is 0 Å². The number of anilines is 1. The summed E-state index contributed by atoms with van der Waals surface area (Å²) in [5.74, 6) is -2.41. The second-order valence-corrected chi connectivity index (χ2v) is 4.89. The molecule has 0 unspecified atom stereocenters. The molecule has 0 spiro atoms. The van der Waals surface area contributed by atoms with Crippen LogP contribution in [0.4, 0.5) is 5.69 Å². The maximum atomic E-state index is 12.8. The minimum absolute atomic E-state index is 0.0122. The van der Waals surface area contributed by atoms with Crippen LogP contribution in [-0.4, -0.2) is 34.6 Å². The van der Waals surface area contributed by atoms with E-state index in [0.29, 0.717) is 0 Å². The number of nitrogens with zero attached hydrogens (tertiary/aromatic N) is 1. The Morgan fingerprint density at radius 3 is 2.25 bits per heavy atom. The molecule has 0 aliphatic rings. The van der Waals surface area contributed by atoms with Crippen molar-refractivity contribution in [3.8, 4) is 11.5 Å². The first-order valence-corrected chi connectivity index (χ1v) is 6.98. The number of benzene rings is 2. The zero-order chi connectivity index (χ0) is 17.7. The van der Waals surface area contributed by atoms with Gasteiger partial charge in [0.15, 0.2) is 0 Å². The molecule has 2 aromatic carbocycles. The highest BCUT2D eigenvalue weighted by atomic mass is 16.5. The maximum absolute atomic E-state index is 12.8. The number of aromatic hydroxyl groups is 1. The van der Waals surface area contributed by atoms with Crippen LogP contribution in [0.15, 0.2) is 48.5 Å². The molecular formula is C17H15NO6. The van der Waals surface area contributed by atoms with Gasteiger partial charge in [-0.2, -0.15) is 0 Å². The number of esters is 1. The van der Waals surface area contributed by atoms with E-state index in [-0.39, 0.29) is 22.7 Å². The Kier molecular flexibility index (Phi) is 5.16. The summed E-state index contributed by atoms with van der Waals surface area (Å²) in [5.41, 5.74) is 0.347. The monoisotopic (exact) mass is 329 g/mol. The Morgan fingerprint density at radius 1 is 1.04 bits per heavy atom. The molecule has 7 nitrogen and oxygen atoms in total. The van der Waals surface area contributed by atoms with Gasteiger partial charge in [0.2, 0.25) is 0 Å². The quantitative estimate of drug-likeness (QED) is 0.642. The van der Waals surface area contributed by atoms with E-state index in [1.165, 1.54) is 43.3 Å². The van der Waals surface area contributed by atoms with Gasteiger partial charge in [-0.15, -0.1) is 0 Å². The molecule has 2 N–H and O–H groups in total. The molecule has 0 heterocycles. The lowest BCUT2D eigenvalue weighted by atomic mass is 10.1. The molecule has 24 heavy (non-hydrogen) atoms. The molecule has 0 aliphatic heterocycles. The molecule has 0 bridgehead atoms. The van der Waals surface area contributed by atoms with Crippen LogP contribution in [0.3, 0.4) is 0 Å². The molecular weight excluding hydrogens is 314 g/mol. The number of para-hydroxylation sites is 1. The number of carbonyl (C=O) groups excluding carboxylic acids is 2. The summed E-state index contributed by atoms with van der Waals surface area (Å²) >= 11 is 0. The molecule has 0 fully saturated rings. The van der Waals surface area contributed by atoms with Gasteiger partial charge in [0.1, 0.15) is 18.0 Å². The summed E-state index contributed by atoms with van der Waals surface area (Å²) in [5, 5.41) is 18.4. The van der Waals surface area contributed by atoms with Gasteiger partial charge in [-0.3, -0.25) is 19.3 Å². The van der Waals surface area contributed by atoms with Crippen molar-refractivity contribution in [3.63, 3.8) is 0 Å². The predicted octanol–water partition coefficient (Wildman–Crippen LogP) is 2.05. The van der Waals surface area contributed by atoms with Crippen molar-refractivity contribution in [2.45, 2.75) is 6.92 Å². The van der Waals surface area contributed by atoms with Crippen molar-refractivity contribution in [2.75, 3.05) is 11.4 Å². The van der Waals surface area contributed by atoms with Crippen LogP contribution in [0.1, 0.15) is 17.3 Å². The van der Waals surface area contributed by atoms with Crippen molar-refractivity contribution in [1.82, 2.24) is 0 Å². The van der Waals surface area contributed by atoms with Gasteiger partial charge in [-0.05, 0) is 36.4 Å². The molecule has 0 aromatic heterocycles. The third kappa shape index (κ3) is 4.10. The summed E-state index contributed by atoms with van der Waals surface area (Å²) < 4.78 is 5.00. The van der Waals surface area contributed by atoms with Crippen molar-refractivity contribution >= 4 is 23.5 Å². The lowest BCUT2D eigenvalue weighted by Gasteiger charge is -2.22. The Balaban J connectivity index is 2.43. The lowest BCUT2D eigenvalue weighted by Crippen LogP contribution is -2.36. The van der Waals surface area contributed by atoms with Crippen molar-refractivity contribution in [2.24, 2.45) is 0 Å². The molecule has 0 radical (unpaired) electrons. The topological polar surface area (TPSA) is 104 Å². The summed E-state index contributed by atoms with van der Waals surface area (Å²) in [6.45, 7) is 0.619. The minimum Gasteiger partial charge on any atom is -0.508 e.